The molecule has 0 heterocycles. The molecule has 18 heavy (non-hydrogen) atoms. The van der Waals surface area contributed by atoms with E-state index in [-0.39, 0.29) is 18.0 Å². The predicted molar refractivity (Wildman–Crippen MR) is 71.0 cm³/mol. The number of nitro benzene ring substituents is 1. The number of ether oxygens (including phenoxy) is 2. The molecule has 0 atom stereocenters. The third kappa shape index (κ3) is 5.28. The van der Waals surface area contributed by atoms with E-state index < -0.39 is 11.1 Å². The van der Waals surface area contributed by atoms with Gasteiger partial charge in [0, 0.05) is 17.9 Å². The number of nitro groups is 1. The van der Waals surface area contributed by atoms with E-state index in [9.17, 15) is 14.9 Å². The number of non-ortho nitro benzene ring substituents is 1. The lowest BCUT2D eigenvalue weighted by Crippen LogP contribution is -2.12. The molecule has 0 amide bonds. The second-order valence-electron chi connectivity index (χ2n) is 2.94. The zero-order valence-corrected chi connectivity index (χ0v) is 11.2. The maximum Gasteiger partial charge on any atom is 0.513 e. The number of hydrogen-bond acceptors (Lipinski definition) is 7. The van der Waals surface area contributed by atoms with E-state index in [1.54, 1.807) is 21.6 Å². The smallest absolute Gasteiger partial charge is 0.433 e. The second-order valence-corrected chi connectivity index (χ2v) is 5.62. The summed E-state index contributed by atoms with van der Waals surface area (Å²) in [5, 5.41) is 10.4. The number of hydrogen-bond donors (Lipinski definition) is 0. The zero-order chi connectivity index (χ0) is 13.4. The fourth-order valence-electron chi connectivity index (χ4n) is 1.00. The van der Waals surface area contributed by atoms with Gasteiger partial charge in [-0.1, -0.05) is 21.6 Å². The highest BCUT2D eigenvalue weighted by molar-refractivity contribution is 8.76. The van der Waals surface area contributed by atoms with Crippen molar-refractivity contribution < 1.29 is 19.2 Å². The average molecular weight is 289 g/mol. The number of nitrogens with zero attached hydrogens (tertiary/aromatic N) is 1. The molecule has 0 aliphatic rings. The van der Waals surface area contributed by atoms with Crippen LogP contribution in [0.2, 0.25) is 0 Å². The lowest BCUT2D eigenvalue weighted by molar-refractivity contribution is -0.384. The summed E-state index contributed by atoms with van der Waals surface area (Å²) in [5.74, 6) is 0.888. The van der Waals surface area contributed by atoms with Crippen molar-refractivity contribution >= 4 is 33.4 Å². The van der Waals surface area contributed by atoms with E-state index in [1.807, 2.05) is 6.26 Å². The van der Waals surface area contributed by atoms with E-state index >= 15 is 0 Å². The van der Waals surface area contributed by atoms with Crippen molar-refractivity contribution in [3.8, 4) is 5.75 Å². The van der Waals surface area contributed by atoms with Gasteiger partial charge in [-0.15, -0.1) is 0 Å². The first-order valence-electron chi connectivity index (χ1n) is 4.88. The molecule has 0 fully saturated rings. The molecule has 1 rings (SSSR count). The number of rotatable bonds is 6. The van der Waals surface area contributed by atoms with E-state index in [1.165, 1.54) is 24.3 Å². The summed E-state index contributed by atoms with van der Waals surface area (Å²) < 4.78 is 9.63. The zero-order valence-electron chi connectivity index (χ0n) is 9.53. The Morgan fingerprint density at radius 3 is 2.61 bits per heavy atom. The molecule has 0 spiro atoms. The van der Waals surface area contributed by atoms with Crippen LogP contribution >= 0.6 is 21.6 Å². The lowest BCUT2D eigenvalue weighted by atomic mass is 10.3. The molecule has 0 bridgehead atoms. The molecule has 98 valence electrons. The maximum atomic E-state index is 11.2. The Labute approximate surface area is 112 Å². The Balaban J connectivity index is 2.37. The van der Waals surface area contributed by atoms with Crippen LogP contribution in [0.4, 0.5) is 10.5 Å². The summed E-state index contributed by atoms with van der Waals surface area (Å²) in [7, 11) is 3.15. The van der Waals surface area contributed by atoms with Crippen molar-refractivity contribution in [2.75, 3.05) is 18.6 Å². The minimum absolute atomic E-state index is 0.0629. The van der Waals surface area contributed by atoms with E-state index in [2.05, 4.69) is 0 Å². The van der Waals surface area contributed by atoms with E-state index in [0.717, 1.165) is 0 Å². The van der Waals surface area contributed by atoms with Crippen molar-refractivity contribution in [2.45, 2.75) is 0 Å². The van der Waals surface area contributed by atoms with E-state index in [0.29, 0.717) is 5.75 Å². The predicted octanol–water partition coefficient (Wildman–Crippen LogP) is 3.12. The van der Waals surface area contributed by atoms with Crippen molar-refractivity contribution in [3.63, 3.8) is 0 Å². The van der Waals surface area contributed by atoms with Crippen LogP contribution in [-0.2, 0) is 4.74 Å². The van der Waals surface area contributed by atoms with Crippen LogP contribution in [0.25, 0.3) is 0 Å². The molecular weight excluding hydrogens is 278 g/mol. The SMILES string of the molecule is CSSCCOC(=O)Oc1ccc([N+](=O)[O-])cc1. The van der Waals surface area contributed by atoms with Crippen molar-refractivity contribution in [1.82, 2.24) is 0 Å². The van der Waals surface area contributed by atoms with Gasteiger partial charge in [0.1, 0.15) is 12.4 Å². The quantitative estimate of drug-likeness (QED) is 0.199. The third-order valence-electron chi connectivity index (χ3n) is 1.75. The number of carbonyl (C=O) groups is 1. The largest absolute Gasteiger partial charge is 0.513 e. The van der Waals surface area contributed by atoms with Gasteiger partial charge in [-0.25, -0.2) is 4.79 Å². The molecule has 0 saturated heterocycles. The van der Waals surface area contributed by atoms with Gasteiger partial charge in [0.25, 0.3) is 5.69 Å². The highest BCUT2D eigenvalue weighted by Gasteiger charge is 2.08. The molecule has 0 unspecified atom stereocenters. The highest BCUT2D eigenvalue weighted by atomic mass is 33.1. The molecule has 0 N–H and O–H groups in total. The van der Waals surface area contributed by atoms with Crippen LogP contribution in [0.5, 0.6) is 5.75 Å². The molecular formula is C10H11NO5S2. The van der Waals surface area contributed by atoms with Crippen LogP contribution in [0.1, 0.15) is 0 Å². The standard InChI is InChI=1S/C10H11NO5S2/c1-17-18-7-6-15-10(12)16-9-4-2-8(3-5-9)11(13)14/h2-5H,6-7H2,1H3. The molecule has 0 saturated carbocycles. The highest BCUT2D eigenvalue weighted by Crippen LogP contribution is 2.18. The van der Waals surface area contributed by atoms with Crippen molar-refractivity contribution in [2.24, 2.45) is 0 Å². The van der Waals surface area contributed by atoms with Gasteiger partial charge in [-0.2, -0.15) is 0 Å². The van der Waals surface area contributed by atoms with Gasteiger partial charge in [-0.05, 0) is 18.4 Å². The normalized spacial score (nSPS) is 9.83. The van der Waals surface area contributed by atoms with Gasteiger partial charge in [-0.3, -0.25) is 10.1 Å². The Kier molecular flexibility index (Phi) is 6.37. The summed E-state index contributed by atoms with van der Waals surface area (Å²) in [6.07, 6.45) is 1.12. The molecule has 0 aromatic heterocycles. The second kappa shape index (κ2) is 7.83. The summed E-state index contributed by atoms with van der Waals surface area (Å²) in [4.78, 5) is 21.1. The summed E-state index contributed by atoms with van der Waals surface area (Å²) in [6.45, 7) is 0.261. The third-order valence-corrected chi connectivity index (χ3v) is 3.53. The van der Waals surface area contributed by atoms with Gasteiger partial charge in [0.15, 0.2) is 0 Å². The minimum Gasteiger partial charge on any atom is -0.433 e. The summed E-state index contributed by atoms with van der Waals surface area (Å²) in [5.41, 5.74) is -0.0629. The van der Waals surface area contributed by atoms with Crippen LogP contribution < -0.4 is 4.74 Å². The monoisotopic (exact) mass is 289 g/mol. The van der Waals surface area contributed by atoms with E-state index in [4.69, 9.17) is 9.47 Å². The van der Waals surface area contributed by atoms with Crippen LogP contribution in [0.15, 0.2) is 24.3 Å². The molecule has 1 aromatic rings. The first-order valence-corrected chi connectivity index (χ1v) is 7.61. The topological polar surface area (TPSA) is 78.7 Å². The average Bonchev–Trinajstić information content (AvgIpc) is 2.35. The first-order chi connectivity index (χ1) is 8.63. The molecule has 6 nitrogen and oxygen atoms in total. The van der Waals surface area contributed by atoms with Gasteiger partial charge < -0.3 is 9.47 Å². The Bertz CT molecular complexity index is 409. The maximum absolute atomic E-state index is 11.2. The minimum atomic E-state index is -0.814. The Morgan fingerprint density at radius 2 is 2.06 bits per heavy atom. The molecule has 0 aliphatic carbocycles. The molecule has 1 aromatic carbocycles. The van der Waals surface area contributed by atoms with Gasteiger partial charge >= 0.3 is 6.16 Å². The van der Waals surface area contributed by atoms with Crippen LogP contribution in [0.3, 0.4) is 0 Å². The summed E-state index contributed by atoms with van der Waals surface area (Å²) in [6, 6.07) is 5.20. The number of benzene rings is 1. The van der Waals surface area contributed by atoms with Crippen LogP contribution in [0, 0.1) is 10.1 Å². The Morgan fingerprint density at radius 1 is 1.39 bits per heavy atom. The van der Waals surface area contributed by atoms with Crippen molar-refractivity contribution in [3.05, 3.63) is 34.4 Å². The van der Waals surface area contributed by atoms with Crippen molar-refractivity contribution in [1.29, 1.82) is 0 Å². The van der Waals surface area contributed by atoms with Crippen LogP contribution in [-0.4, -0.2) is 29.7 Å². The van der Waals surface area contributed by atoms with Gasteiger partial charge in [0.05, 0.1) is 4.92 Å². The summed E-state index contributed by atoms with van der Waals surface area (Å²) >= 11 is 0. The Hall–Kier alpha value is -1.41. The molecule has 0 aliphatic heterocycles. The fourth-order valence-corrected chi connectivity index (χ4v) is 2.03. The number of carbonyl (C=O) groups excluding carboxylic acids is 1. The van der Waals surface area contributed by atoms with Gasteiger partial charge in [0.2, 0.25) is 0 Å². The molecule has 0 radical (unpaired) electrons. The lowest BCUT2D eigenvalue weighted by Gasteiger charge is -2.04. The molecule has 8 heteroatoms. The first kappa shape index (κ1) is 14.7. The fraction of sp³-hybridized carbons (Fsp3) is 0.300.